The lowest BCUT2D eigenvalue weighted by Crippen LogP contribution is -1.87. The fraction of sp³-hybridized carbons (Fsp3) is 0. The van der Waals surface area contributed by atoms with Crippen molar-refractivity contribution in [2.75, 3.05) is 0 Å². The highest BCUT2D eigenvalue weighted by atomic mass is 127. The number of hydrogen-bond acceptors (Lipinski definition) is 2. The summed E-state index contributed by atoms with van der Waals surface area (Å²) in [6.07, 6.45) is 1.79. The van der Waals surface area contributed by atoms with Crippen molar-refractivity contribution in [3.63, 3.8) is 0 Å². The molecule has 0 heterocycles. The van der Waals surface area contributed by atoms with E-state index < -0.39 is 5.97 Å². The number of carbonyl (C=O) groups excluding carboxylic acids is 1. The van der Waals surface area contributed by atoms with Crippen LogP contribution in [-0.2, 0) is 9.59 Å². The maximum atomic E-state index is 9.98. The average Bonchev–Trinajstić information content (AvgIpc) is 1.61. The lowest BCUT2D eigenvalue weighted by atomic mass is 10.5. The third-order valence-corrected chi connectivity index (χ3v) is 0.717. The molecule has 0 spiro atoms. The predicted molar refractivity (Wildman–Crippen MR) is 35.8 cm³/mol. The Labute approximate surface area is 59.5 Å². The van der Waals surface area contributed by atoms with E-state index in [-0.39, 0.29) is 3.79 Å². The van der Waals surface area contributed by atoms with Crippen LogP contribution in [0.1, 0.15) is 0 Å². The predicted octanol–water partition coefficient (Wildman–Crippen LogP) is 0.589. The zero-order valence-corrected chi connectivity index (χ0v) is 5.95. The molecule has 0 bridgehead atoms. The molecule has 8 heavy (non-hydrogen) atoms. The number of carboxylic acid groups (broad SMARTS) is 1. The molecule has 0 aromatic heterocycles. The quantitative estimate of drug-likeness (QED) is 0.425. The number of hydrogen-bond donors (Lipinski definition) is 1. The summed E-state index contributed by atoms with van der Waals surface area (Å²) >= 11 is 1.49. The first kappa shape index (κ1) is 7.61. The van der Waals surface area contributed by atoms with E-state index in [0.29, 0.717) is 0 Å². The van der Waals surface area contributed by atoms with Gasteiger partial charge in [-0.05, 0) is 6.08 Å². The highest BCUT2D eigenvalue weighted by molar-refractivity contribution is 14.1. The molecule has 0 unspecified atom stereocenters. The summed E-state index contributed by atoms with van der Waals surface area (Å²) in [4.78, 5) is 19.6. The van der Waals surface area contributed by atoms with Crippen molar-refractivity contribution in [3.05, 3.63) is 12.2 Å². The molecule has 44 valence electrons. The van der Waals surface area contributed by atoms with Gasteiger partial charge in [0.2, 0.25) is 3.79 Å². The Hall–Kier alpha value is -0.390. The second kappa shape index (κ2) is 3.59. The Morgan fingerprint density at radius 3 is 2.00 bits per heavy atom. The zero-order chi connectivity index (χ0) is 6.57. The van der Waals surface area contributed by atoms with Crippen molar-refractivity contribution in [3.8, 4) is 0 Å². The van der Waals surface area contributed by atoms with Gasteiger partial charge < -0.3 is 5.11 Å². The topological polar surface area (TPSA) is 54.4 Å². The summed E-state index contributed by atoms with van der Waals surface area (Å²) in [5, 5.41) is 7.92. The van der Waals surface area contributed by atoms with Gasteiger partial charge in [0, 0.05) is 28.7 Å². The molecule has 4 heteroatoms. The van der Waals surface area contributed by atoms with Crippen LogP contribution in [0.25, 0.3) is 0 Å². The van der Waals surface area contributed by atoms with Gasteiger partial charge in [-0.2, -0.15) is 0 Å². The van der Waals surface area contributed by atoms with E-state index in [4.69, 9.17) is 5.11 Å². The second-order valence-electron chi connectivity index (χ2n) is 0.976. The van der Waals surface area contributed by atoms with E-state index in [1.165, 1.54) is 22.6 Å². The van der Waals surface area contributed by atoms with Gasteiger partial charge in [0.15, 0.2) is 0 Å². The van der Waals surface area contributed by atoms with E-state index in [1.54, 1.807) is 0 Å². The molecule has 0 saturated heterocycles. The maximum absolute atomic E-state index is 9.98. The first-order chi connectivity index (χ1) is 3.63. The summed E-state index contributed by atoms with van der Waals surface area (Å²) in [5.74, 6) is -1.10. The first-order valence-corrected chi connectivity index (χ1v) is 2.81. The highest BCUT2D eigenvalue weighted by Gasteiger charge is 1.87. The van der Waals surface area contributed by atoms with E-state index in [1.807, 2.05) is 0 Å². The largest absolute Gasteiger partial charge is 0.478 e. The zero-order valence-electron chi connectivity index (χ0n) is 3.80. The molecule has 0 aliphatic carbocycles. The molecule has 0 aromatic rings. The number of carboxylic acids is 1. The SMILES string of the molecule is O=C(O)/C=C\C(=O)I. The highest BCUT2D eigenvalue weighted by Crippen LogP contribution is 1.85. The Morgan fingerprint density at radius 1 is 1.38 bits per heavy atom. The van der Waals surface area contributed by atoms with Gasteiger partial charge in [-0.3, -0.25) is 4.79 Å². The lowest BCUT2D eigenvalue weighted by Gasteiger charge is -1.73. The molecule has 0 amide bonds. The fourth-order valence-corrected chi connectivity index (χ4v) is 0.317. The van der Waals surface area contributed by atoms with Crippen molar-refractivity contribution in [2.24, 2.45) is 0 Å². The fourth-order valence-electron chi connectivity index (χ4n) is 0.137. The molecule has 3 nitrogen and oxygen atoms in total. The van der Waals surface area contributed by atoms with Gasteiger partial charge in [-0.15, -0.1) is 0 Å². The monoisotopic (exact) mass is 226 g/mol. The molecule has 0 aliphatic rings. The number of rotatable bonds is 2. The minimum absolute atomic E-state index is 0.287. The van der Waals surface area contributed by atoms with Gasteiger partial charge in [0.1, 0.15) is 0 Å². The van der Waals surface area contributed by atoms with Crippen LogP contribution in [0, 0.1) is 0 Å². The number of halogens is 1. The number of aliphatic carboxylic acids is 1. The van der Waals surface area contributed by atoms with Crippen LogP contribution in [0.4, 0.5) is 0 Å². The molecule has 0 aromatic carbocycles. The summed E-state index contributed by atoms with van der Waals surface area (Å²) in [5.41, 5.74) is 0. The lowest BCUT2D eigenvalue weighted by molar-refractivity contribution is -0.131. The third kappa shape index (κ3) is 5.61. The van der Waals surface area contributed by atoms with Crippen LogP contribution >= 0.6 is 22.6 Å². The normalized spacial score (nSPS) is 9.62. The smallest absolute Gasteiger partial charge is 0.328 e. The van der Waals surface area contributed by atoms with Crippen molar-refractivity contribution >= 4 is 32.4 Å². The minimum atomic E-state index is -1.10. The molecule has 1 N–H and O–H groups in total. The maximum Gasteiger partial charge on any atom is 0.328 e. The van der Waals surface area contributed by atoms with Gasteiger partial charge >= 0.3 is 5.97 Å². The number of carbonyl (C=O) groups is 2. The average molecular weight is 226 g/mol. The molecule has 0 radical (unpaired) electrons. The first-order valence-electron chi connectivity index (χ1n) is 1.73. The van der Waals surface area contributed by atoms with E-state index >= 15 is 0 Å². The summed E-state index contributed by atoms with van der Waals surface area (Å²) in [6.45, 7) is 0. The van der Waals surface area contributed by atoms with Crippen LogP contribution in [0.3, 0.4) is 0 Å². The molecular weight excluding hydrogens is 223 g/mol. The summed E-state index contributed by atoms with van der Waals surface area (Å²) in [7, 11) is 0. The Balaban J connectivity index is 3.67. The Morgan fingerprint density at radius 2 is 1.88 bits per heavy atom. The molecule has 0 atom stereocenters. The molecule has 0 fully saturated rings. The van der Waals surface area contributed by atoms with E-state index in [2.05, 4.69) is 0 Å². The van der Waals surface area contributed by atoms with Crippen molar-refractivity contribution in [2.45, 2.75) is 0 Å². The standard InChI is InChI=1S/C4H3IO3/c5-3(6)1-2-4(7)8/h1-2H,(H,7,8)/b2-1-. The van der Waals surface area contributed by atoms with Crippen molar-refractivity contribution in [1.29, 1.82) is 0 Å². The second-order valence-corrected chi connectivity index (χ2v) is 2.04. The van der Waals surface area contributed by atoms with Crippen LogP contribution in [0.2, 0.25) is 0 Å². The molecular formula is C4H3IO3. The van der Waals surface area contributed by atoms with Crippen molar-refractivity contribution < 1.29 is 14.7 Å². The summed E-state index contributed by atoms with van der Waals surface area (Å²) < 4.78 is -0.287. The minimum Gasteiger partial charge on any atom is -0.478 e. The van der Waals surface area contributed by atoms with E-state index in [9.17, 15) is 9.59 Å². The van der Waals surface area contributed by atoms with Gasteiger partial charge in [0.25, 0.3) is 0 Å². The Bertz CT molecular complexity index is 122. The molecule has 0 aliphatic heterocycles. The van der Waals surface area contributed by atoms with E-state index in [0.717, 1.165) is 12.2 Å². The Kier molecular flexibility index (Phi) is 3.42. The van der Waals surface area contributed by atoms with Crippen LogP contribution in [0.15, 0.2) is 12.2 Å². The van der Waals surface area contributed by atoms with Gasteiger partial charge in [-0.25, -0.2) is 4.79 Å². The molecule has 0 saturated carbocycles. The van der Waals surface area contributed by atoms with Crippen LogP contribution in [0.5, 0.6) is 0 Å². The molecule has 0 rings (SSSR count). The van der Waals surface area contributed by atoms with Crippen LogP contribution < -0.4 is 0 Å². The van der Waals surface area contributed by atoms with Crippen LogP contribution in [-0.4, -0.2) is 14.9 Å². The third-order valence-electron chi connectivity index (χ3n) is 0.357. The van der Waals surface area contributed by atoms with Gasteiger partial charge in [0.05, 0.1) is 0 Å². The summed E-state index contributed by atoms with van der Waals surface area (Å²) in [6, 6.07) is 0. The van der Waals surface area contributed by atoms with Crippen molar-refractivity contribution in [1.82, 2.24) is 0 Å². The van der Waals surface area contributed by atoms with Gasteiger partial charge in [-0.1, -0.05) is 0 Å². The number of allylic oxidation sites excluding steroid dienone is 1.